The Morgan fingerprint density at radius 2 is 2.14 bits per heavy atom. The Bertz CT molecular complexity index is 676. The number of benzene rings is 1. The summed E-state index contributed by atoms with van der Waals surface area (Å²) >= 11 is 5.64. The highest BCUT2D eigenvalue weighted by Gasteiger charge is 2.25. The Labute approximate surface area is 125 Å². The number of carbonyl (C=O) groups is 1. The molecule has 0 saturated heterocycles. The maximum atomic E-state index is 11.8. The van der Waals surface area contributed by atoms with Gasteiger partial charge in [-0.1, -0.05) is 11.6 Å². The number of rotatable bonds is 6. The number of nitro groups is 1. The standard InChI is InChI=1S/C10H12ClN3O6S/c1-20-3-2-13-10(15)6-4-7(14(16)17)9(11)8(5-6)21(12,18)19/h4-5H,2-3H2,1H3,(H,13,15)(H2,12,18,19). The predicted molar refractivity (Wildman–Crippen MR) is 73.7 cm³/mol. The van der Waals surface area contributed by atoms with Crippen molar-refractivity contribution in [3.63, 3.8) is 0 Å². The predicted octanol–water partition coefficient (Wildman–Crippen LogP) is 0.272. The molecule has 21 heavy (non-hydrogen) atoms. The molecule has 9 nitrogen and oxygen atoms in total. The van der Waals surface area contributed by atoms with E-state index in [0.29, 0.717) is 0 Å². The molecule has 0 saturated carbocycles. The summed E-state index contributed by atoms with van der Waals surface area (Å²) in [6.45, 7) is 0.375. The van der Waals surface area contributed by atoms with Crippen LogP contribution in [0.3, 0.4) is 0 Å². The van der Waals surface area contributed by atoms with Crippen LogP contribution in [0.4, 0.5) is 5.69 Å². The molecule has 0 heterocycles. The number of hydrogen-bond donors (Lipinski definition) is 2. The van der Waals surface area contributed by atoms with Crippen molar-refractivity contribution in [2.24, 2.45) is 5.14 Å². The molecule has 0 aliphatic rings. The molecule has 0 aliphatic carbocycles. The second kappa shape index (κ2) is 6.80. The van der Waals surface area contributed by atoms with Crippen molar-refractivity contribution in [2.45, 2.75) is 4.90 Å². The van der Waals surface area contributed by atoms with Crippen LogP contribution in [0, 0.1) is 10.1 Å². The molecule has 0 unspecified atom stereocenters. The molecule has 0 aromatic heterocycles. The highest BCUT2D eigenvalue weighted by Crippen LogP contribution is 2.32. The van der Waals surface area contributed by atoms with E-state index >= 15 is 0 Å². The number of nitrogens with one attached hydrogen (secondary N) is 1. The third-order valence-corrected chi connectivity index (χ3v) is 3.82. The minimum atomic E-state index is -4.31. The van der Waals surface area contributed by atoms with E-state index in [-0.39, 0.29) is 18.7 Å². The lowest BCUT2D eigenvalue weighted by Gasteiger charge is -2.08. The van der Waals surface area contributed by atoms with Crippen LogP contribution in [0.25, 0.3) is 0 Å². The van der Waals surface area contributed by atoms with Crippen LogP contribution in [0.5, 0.6) is 0 Å². The van der Waals surface area contributed by atoms with Gasteiger partial charge in [0.1, 0.15) is 9.92 Å². The average Bonchev–Trinajstić information content (AvgIpc) is 2.37. The second-order valence-electron chi connectivity index (χ2n) is 3.86. The molecule has 0 radical (unpaired) electrons. The minimum absolute atomic E-state index is 0.149. The van der Waals surface area contributed by atoms with Gasteiger partial charge in [-0.2, -0.15) is 0 Å². The van der Waals surface area contributed by atoms with Gasteiger partial charge in [0.25, 0.3) is 11.6 Å². The normalized spacial score (nSPS) is 11.2. The van der Waals surface area contributed by atoms with E-state index in [9.17, 15) is 23.3 Å². The van der Waals surface area contributed by atoms with Gasteiger partial charge in [0, 0.05) is 25.3 Å². The van der Waals surface area contributed by atoms with Gasteiger partial charge in [-0.3, -0.25) is 14.9 Å². The van der Waals surface area contributed by atoms with Gasteiger partial charge in [-0.05, 0) is 6.07 Å². The van der Waals surface area contributed by atoms with Crippen LogP contribution in [0.2, 0.25) is 5.02 Å². The molecule has 0 fully saturated rings. The van der Waals surface area contributed by atoms with Crippen molar-refractivity contribution < 1.29 is 22.9 Å². The first kappa shape index (κ1) is 17.3. The molecule has 1 rings (SSSR count). The molecule has 0 aliphatic heterocycles. The molecular formula is C10H12ClN3O6S. The molecule has 1 aromatic carbocycles. The smallest absolute Gasteiger partial charge is 0.290 e. The van der Waals surface area contributed by atoms with Gasteiger partial charge in [-0.25, -0.2) is 13.6 Å². The Kier molecular flexibility index (Phi) is 5.61. The summed E-state index contributed by atoms with van der Waals surface area (Å²) in [5, 5.41) is 17.6. The number of halogens is 1. The number of primary sulfonamides is 1. The van der Waals surface area contributed by atoms with Gasteiger partial charge in [-0.15, -0.1) is 0 Å². The summed E-state index contributed by atoms with van der Waals surface area (Å²) in [4.78, 5) is 21.1. The Morgan fingerprint density at radius 1 is 1.52 bits per heavy atom. The Morgan fingerprint density at radius 3 is 2.62 bits per heavy atom. The van der Waals surface area contributed by atoms with Crippen LogP contribution in [0.15, 0.2) is 17.0 Å². The highest BCUT2D eigenvalue weighted by atomic mass is 35.5. The van der Waals surface area contributed by atoms with E-state index in [4.69, 9.17) is 21.5 Å². The molecule has 0 atom stereocenters. The largest absolute Gasteiger partial charge is 0.383 e. The third-order valence-electron chi connectivity index (χ3n) is 2.38. The van der Waals surface area contributed by atoms with Crippen molar-refractivity contribution in [3.05, 3.63) is 32.8 Å². The Hall–Kier alpha value is -1.75. The van der Waals surface area contributed by atoms with E-state index in [2.05, 4.69) is 5.32 Å². The first-order valence-electron chi connectivity index (χ1n) is 5.46. The molecule has 116 valence electrons. The summed E-state index contributed by atoms with van der Waals surface area (Å²) in [5.74, 6) is -0.711. The summed E-state index contributed by atoms with van der Waals surface area (Å²) in [6, 6.07) is 1.76. The van der Waals surface area contributed by atoms with E-state index < -0.39 is 36.5 Å². The monoisotopic (exact) mass is 337 g/mol. The van der Waals surface area contributed by atoms with Crippen molar-refractivity contribution in [2.75, 3.05) is 20.3 Å². The fourth-order valence-electron chi connectivity index (χ4n) is 1.42. The zero-order valence-corrected chi connectivity index (χ0v) is 12.4. The van der Waals surface area contributed by atoms with Gasteiger partial charge in [0.2, 0.25) is 10.0 Å². The second-order valence-corrected chi connectivity index (χ2v) is 5.77. The lowest BCUT2D eigenvalue weighted by Crippen LogP contribution is -2.27. The summed E-state index contributed by atoms with van der Waals surface area (Å²) in [7, 11) is -2.88. The van der Waals surface area contributed by atoms with Crippen LogP contribution < -0.4 is 10.5 Å². The van der Waals surface area contributed by atoms with Crippen LogP contribution in [-0.2, 0) is 14.8 Å². The molecule has 3 N–H and O–H groups in total. The van der Waals surface area contributed by atoms with E-state index in [1.165, 1.54) is 7.11 Å². The third kappa shape index (κ3) is 4.36. The maximum absolute atomic E-state index is 11.8. The molecule has 0 bridgehead atoms. The number of sulfonamides is 1. The molecule has 11 heteroatoms. The fraction of sp³-hybridized carbons (Fsp3) is 0.300. The van der Waals surface area contributed by atoms with Gasteiger partial charge in [0.15, 0.2) is 0 Å². The zero-order chi connectivity index (χ0) is 16.2. The number of ether oxygens (including phenoxy) is 1. The van der Waals surface area contributed by atoms with Crippen molar-refractivity contribution >= 4 is 33.2 Å². The van der Waals surface area contributed by atoms with Crippen molar-refractivity contribution in [1.29, 1.82) is 0 Å². The SMILES string of the molecule is COCCNC(=O)c1cc([N+](=O)[O-])c(Cl)c(S(N)(=O)=O)c1. The van der Waals surface area contributed by atoms with E-state index in [1.807, 2.05) is 0 Å². The summed E-state index contributed by atoms with van der Waals surface area (Å²) < 4.78 is 27.5. The van der Waals surface area contributed by atoms with Gasteiger partial charge in [0.05, 0.1) is 11.5 Å². The van der Waals surface area contributed by atoms with Crippen LogP contribution >= 0.6 is 11.6 Å². The average molecular weight is 338 g/mol. The lowest BCUT2D eigenvalue weighted by molar-refractivity contribution is -0.384. The number of nitro benzene ring substituents is 1. The summed E-state index contributed by atoms with van der Waals surface area (Å²) in [5.41, 5.74) is -0.966. The zero-order valence-electron chi connectivity index (χ0n) is 10.8. The van der Waals surface area contributed by atoms with E-state index in [1.54, 1.807) is 0 Å². The Balaban J connectivity index is 3.31. The molecular weight excluding hydrogens is 326 g/mol. The summed E-state index contributed by atoms with van der Waals surface area (Å²) in [6.07, 6.45) is 0. The molecule has 1 aromatic rings. The van der Waals surface area contributed by atoms with Crippen molar-refractivity contribution in [3.8, 4) is 0 Å². The molecule has 1 amide bonds. The maximum Gasteiger partial charge on any atom is 0.290 e. The number of hydrogen-bond acceptors (Lipinski definition) is 6. The minimum Gasteiger partial charge on any atom is -0.383 e. The number of methoxy groups -OCH3 is 1. The van der Waals surface area contributed by atoms with Crippen molar-refractivity contribution in [1.82, 2.24) is 5.32 Å². The first-order chi connectivity index (χ1) is 9.68. The van der Waals surface area contributed by atoms with Crippen LogP contribution in [-0.4, -0.2) is 39.5 Å². The van der Waals surface area contributed by atoms with Crippen LogP contribution in [0.1, 0.15) is 10.4 Å². The van der Waals surface area contributed by atoms with E-state index in [0.717, 1.165) is 12.1 Å². The van der Waals surface area contributed by atoms with Gasteiger partial charge < -0.3 is 10.1 Å². The lowest BCUT2D eigenvalue weighted by atomic mass is 10.2. The molecule has 0 spiro atoms. The fourth-order valence-corrected chi connectivity index (χ4v) is 2.57. The number of nitrogens with zero attached hydrogens (tertiary/aromatic N) is 1. The number of amides is 1. The highest BCUT2D eigenvalue weighted by molar-refractivity contribution is 7.89. The quantitative estimate of drug-likeness (QED) is 0.433. The number of nitrogens with two attached hydrogens (primary N) is 1. The van der Waals surface area contributed by atoms with Gasteiger partial charge >= 0.3 is 0 Å². The first-order valence-corrected chi connectivity index (χ1v) is 7.38. The topological polar surface area (TPSA) is 142 Å². The number of carbonyl (C=O) groups excluding carboxylic acids is 1.